The van der Waals surface area contributed by atoms with Crippen LogP contribution in [-0.4, -0.2) is 21.9 Å². The van der Waals surface area contributed by atoms with Gasteiger partial charge in [0.2, 0.25) is 0 Å². The molecule has 2 heterocycles. The molecule has 164 valence electrons. The molecule has 33 heavy (non-hydrogen) atoms. The fraction of sp³-hybridized carbons (Fsp3) is 0.0800. The van der Waals surface area contributed by atoms with Crippen molar-refractivity contribution >= 4 is 34.3 Å². The van der Waals surface area contributed by atoms with Gasteiger partial charge in [0.25, 0.3) is 0 Å². The fourth-order valence-electron chi connectivity index (χ4n) is 3.56. The summed E-state index contributed by atoms with van der Waals surface area (Å²) in [5.74, 6) is 1.86. The maximum atomic E-state index is 12.2. The summed E-state index contributed by atoms with van der Waals surface area (Å²) in [5, 5.41) is 11.1. The number of benzene rings is 3. The van der Waals surface area contributed by atoms with Crippen LogP contribution in [0.25, 0.3) is 28.0 Å². The van der Waals surface area contributed by atoms with E-state index in [1.54, 1.807) is 13.2 Å². The zero-order valence-corrected chi connectivity index (χ0v) is 19.1. The zero-order valence-electron chi connectivity index (χ0n) is 17.6. The molecule has 0 unspecified atom stereocenters. The Morgan fingerprint density at radius 3 is 2.55 bits per heavy atom. The third kappa shape index (κ3) is 4.37. The number of methoxy groups -OCH3 is 1. The van der Waals surface area contributed by atoms with Crippen LogP contribution in [0.4, 0.5) is 0 Å². The van der Waals surface area contributed by atoms with Gasteiger partial charge in [-0.3, -0.25) is 4.57 Å². The van der Waals surface area contributed by atoms with Gasteiger partial charge in [-0.2, -0.15) is 0 Å². The lowest BCUT2D eigenvalue weighted by Gasteiger charge is -2.11. The Balaban J connectivity index is 1.55. The van der Waals surface area contributed by atoms with E-state index in [1.165, 1.54) is 17.8 Å². The van der Waals surface area contributed by atoms with Gasteiger partial charge < -0.3 is 9.15 Å². The molecule has 8 heteroatoms. The minimum absolute atomic E-state index is 0.407. The first kappa shape index (κ1) is 21.3. The molecule has 0 saturated carbocycles. The van der Waals surface area contributed by atoms with E-state index in [0.29, 0.717) is 27.3 Å². The monoisotopic (exact) mass is 475 g/mol. The summed E-state index contributed by atoms with van der Waals surface area (Å²) in [4.78, 5) is 12.2. The van der Waals surface area contributed by atoms with Gasteiger partial charge in [-0.15, -0.1) is 10.2 Å². The minimum atomic E-state index is -0.407. The number of rotatable bonds is 6. The highest BCUT2D eigenvalue weighted by Gasteiger charge is 2.17. The van der Waals surface area contributed by atoms with Gasteiger partial charge in [-0.25, -0.2) is 4.79 Å². The van der Waals surface area contributed by atoms with E-state index in [2.05, 4.69) is 10.2 Å². The number of hydrogen-bond acceptors (Lipinski definition) is 6. The number of halogens is 1. The van der Waals surface area contributed by atoms with Crippen molar-refractivity contribution in [3.05, 3.63) is 99.9 Å². The second-order valence-corrected chi connectivity index (χ2v) is 8.60. The topological polar surface area (TPSA) is 70.2 Å². The molecule has 0 N–H and O–H groups in total. The second-order valence-electron chi connectivity index (χ2n) is 7.23. The summed E-state index contributed by atoms with van der Waals surface area (Å²) in [5.41, 5.74) is 2.77. The summed E-state index contributed by atoms with van der Waals surface area (Å²) in [6.45, 7) is 0. The molecule has 0 atom stereocenters. The Morgan fingerprint density at radius 1 is 1.00 bits per heavy atom. The van der Waals surface area contributed by atoms with E-state index in [0.717, 1.165) is 28.0 Å². The lowest BCUT2D eigenvalue weighted by Crippen LogP contribution is -2.02. The smallest absolute Gasteiger partial charge is 0.336 e. The highest BCUT2D eigenvalue weighted by Crippen LogP contribution is 2.32. The zero-order chi connectivity index (χ0) is 22.8. The molecule has 0 spiro atoms. The standard InChI is InChI=1S/C25H18ClN3O3S/c1-31-20-11-12-21-17(13-23(30)32-22(21)14-20)15-33-25-28-27-24(16-5-3-2-4-6-16)29(25)19-9-7-18(26)8-10-19/h2-14H,15H2,1H3. The normalized spacial score (nSPS) is 11.1. The van der Waals surface area contributed by atoms with Crippen molar-refractivity contribution in [2.75, 3.05) is 7.11 Å². The highest BCUT2D eigenvalue weighted by molar-refractivity contribution is 7.98. The van der Waals surface area contributed by atoms with Gasteiger partial charge in [-0.05, 0) is 42.0 Å². The third-order valence-electron chi connectivity index (χ3n) is 5.14. The van der Waals surface area contributed by atoms with Crippen LogP contribution in [0.5, 0.6) is 5.75 Å². The number of thioether (sulfide) groups is 1. The summed E-state index contributed by atoms with van der Waals surface area (Å²) in [6, 6.07) is 24.4. The number of aromatic nitrogens is 3. The largest absolute Gasteiger partial charge is 0.497 e. The van der Waals surface area contributed by atoms with Crippen LogP contribution >= 0.6 is 23.4 Å². The Bertz CT molecular complexity index is 1480. The van der Waals surface area contributed by atoms with Gasteiger partial charge in [-0.1, -0.05) is 53.7 Å². The van der Waals surface area contributed by atoms with Crippen LogP contribution in [0, 0.1) is 0 Å². The summed E-state index contributed by atoms with van der Waals surface area (Å²) >= 11 is 7.60. The SMILES string of the molecule is COc1ccc2c(CSc3nnc(-c4ccccc4)n3-c3ccc(Cl)cc3)cc(=O)oc2c1. The molecule has 5 rings (SSSR count). The average molecular weight is 476 g/mol. The minimum Gasteiger partial charge on any atom is -0.497 e. The second kappa shape index (κ2) is 9.13. The van der Waals surface area contributed by atoms with Crippen LogP contribution in [-0.2, 0) is 5.75 Å². The Labute approximate surface area is 198 Å². The first-order valence-electron chi connectivity index (χ1n) is 10.1. The summed E-state index contributed by atoms with van der Waals surface area (Å²) < 4.78 is 12.6. The number of hydrogen-bond donors (Lipinski definition) is 0. The van der Waals surface area contributed by atoms with Crippen LogP contribution < -0.4 is 10.4 Å². The molecule has 0 radical (unpaired) electrons. The molecular weight excluding hydrogens is 458 g/mol. The Morgan fingerprint density at radius 2 is 1.79 bits per heavy atom. The van der Waals surface area contributed by atoms with E-state index in [4.69, 9.17) is 20.8 Å². The summed E-state index contributed by atoms with van der Waals surface area (Å²) in [6.07, 6.45) is 0. The average Bonchev–Trinajstić information content (AvgIpc) is 3.27. The molecular formula is C25H18ClN3O3S. The van der Waals surface area contributed by atoms with E-state index in [1.807, 2.05) is 71.3 Å². The fourth-order valence-corrected chi connectivity index (χ4v) is 4.63. The van der Waals surface area contributed by atoms with Crippen molar-refractivity contribution in [3.63, 3.8) is 0 Å². The summed E-state index contributed by atoms with van der Waals surface area (Å²) in [7, 11) is 1.58. The van der Waals surface area contributed by atoms with Crippen molar-refractivity contribution in [1.82, 2.24) is 14.8 Å². The molecule has 2 aromatic heterocycles. The van der Waals surface area contributed by atoms with E-state index < -0.39 is 5.63 Å². The quantitative estimate of drug-likeness (QED) is 0.222. The third-order valence-corrected chi connectivity index (χ3v) is 6.37. The molecule has 0 amide bonds. The number of ether oxygens (including phenoxy) is 1. The predicted molar refractivity (Wildman–Crippen MR) is 130 cm³/mol. The van der Waals surface area contributed by atoms with Crippen LogP contribution in [0.3, 0.4) is 0 Å². The lowest BCUT2D eigenvalue weighted by atomic mass is 10.1. The molecule has 0 saturated heterocycles. The van der Waals surface area contributed by atoms with Crippen molar-refractivity contribution < 1.29 is 9.15 Å². The number of nitrogens with zero attached hydrogens (tertiary/aromatic N) is 3. The highest BCUT2D eigenvalue weighted by atomic mass is 35.5. The number of fused-ring (bicyclic) bond motifs is 1. The van der Waals surface area contributed by atoms with E-state index >= 15 is 0 Å². The molecule has 0 bridgehead atoms. The van der Waals surface area contributed by atoms with Crippen molar-refractivity contribution in [1.29, 1.82) is 0 Å². The molecule has 0 aliphatic heterocycles. The maximum Gasteiger partial charge on any atom is 0.336 e. The van der Waals surface area contributed by atoms with Crippen molar-refractivity contribution in [2.24, 2.45) is 0 Å². The molecule has 6 nitrogen and oxygen atoms in total. The van der Waals surface area contributed by atoms with Gasteiger partial charge in [0.05, 0.1) is 7.11 Å². The van der Waals surface area contributed by atoms with Crippen LogP contribution in [0.15, 0.2) is 93.2 Å². The molecule has 0 fully saturated rings. The Kier molecular flexibility index (Phi) is 5.90. The molecule has 0 aliphatic carbocycles. The predicted octanol–water partition coefficient (Wildman–Crippen LogP) is 6.00. The lowest BCUT2D eigenvalue weighted by molar-refractivity contribution is 0.414. The molecule has 5 aromatic rings. The van der Waals surface area contributed by atoms with E-state index in [9.17, 15) is 4.79 Å². The van der Waals surface area contributed by atoms with Gasteiger partial charge >= 0.3 is 5.63 Å². The van der Waals surface area contributed by atoms with Crippen LogP contribution in [0.2, 0.25) is 5.02 Å². The van der Waals surface area contributed by atoms with E-state index in [-0.39, 0.29) is 0 Å². The van der Waals surface area contributed by atoms with Crippen molar-refractivity contribution in [3.8, 4) is 22.8 Å². The first-order valence-corrected chi connectivity index (χ1v) is 11.5. The maximum absolute atomic E-state index is 12.2. The van der Waals surface area contributed by atoms with Crippen molar-refractivity contribution in [2.45, 2.75) is 10.9 Å². The van der Waals surface area contributed by atoms with Gasteiger partial charge in [0.15, 0.2) is 11.0 Å². The van der Waals surface area contributed by atoms with Crippen LogP contribution in [0.1, 0.15) is 5.56 Å². The Hall–Kier alpha value is -3.55. The van der Waals surface area contributed by atoms with Gasteiger partial charge in [0.1, 0.15) is 11.3 Å². The first-order chi connectivity index (χ1) is 16.1. The molecule has 0 aliphatic rings. The van der Waals surface area contributed by atoms with Gasteiger partial charge in [0, 0.05) is 39.5 Å². The molecule has 3 aromatic carbocycles.